The third-order valence-electron chi connectivity index (χ3n) is 4.81. The van der Waals surface area contributed by atoms with E-state index >= 15 is 0 Å². The first-order chi connectivity index (χ1) is 12.2. The van der Waals surface area contributed by atoms with Gasteiger partial charge in [-0.15, -0.1) is 0 Å². The first kappa shape index (κ1) is 15.7. The lowest BCUT2D eigenvalue weighted by atomic mass is 9.90. The van der Waals surface area contributed by atoms with Crippen molar-refractivity contribution >= 4 is 23.4 Å². The molecule has 0 unspecified atom stereocenters. The molecular formula is C20H20N2O3. The van der Waals surface area contributed by atoms with Crippen molar-refractivity contribution in [2.45, 2.75) is 25.7 Å². The van der Waals surface area contributed by atoms with E-state index in [1.165, 1.54) is 24.0 Å². The lowest BCUT2D eigenvalue weighted by Gasteiger charge is -2.16. The average molecular weight is 336 g/mol. The number of hydrogen-bond acceptors (Lipinski definition) is 3. The van der Waals surface area contributed by atoms with Gasteiger partial charge in [-0.2, -0.15) is 0 Å². The lowest BCUT2D eigenvalue weighted by molar-refractivity contribution is 0.102. The molecule has 0 bridgehead atoms. The Morgan fingerprint density at radius 1 is 1.00 bits per heavy atom. The van der Waals surface area contributed by atoms with Crippen LogP contribution in [0.2, 0.25) is 0 Å². The summed E-state index contributed by atoms with van der Waals surface area (Å²) < 4.78 is 4.94. The summed E-state index contributed by atoms with van der Waals surface area (Å²) in [5.74, 6) is -0.110. The van der Waals surface area contributed by atoms with Gasteiger partial charge < -0.3 is 10.1 Å². The highest BCUT2D eigenvalue weighted by molar-refractivity contribution is 6.04. The van der Waals surface area contributed by atoms with Crippen LogP contribution in [0.5, 0.6) is 0 Å². The number of hydrogen-bond donors (Lipinski definition) is 1. The summed E-state index contributed by atoms with van der Waals surface area (Å²) in [4.78, 5) is 25.6. The van der Waals surface area contributed by atoms with Crippen molar-refractivity contribution in [1.29, 1.82) is 0 Å². The van der Waals surface area contributed by atoms with E-state index in [4.69, 9.17) is 4.74 Å². The Morgan fingerprint density at radius 3 is 2.48 bits per heavy atom. The van der Waals surface area contributed by atoms with Gasteiger partial charge in [0.15, 0.2) is 0 Å². The standard InChI is InChI=1S/C20H20N2O3/c23-19(16-6-5-14-3-1-2-4-15(14)13-16)21-17-7-9-18(10-8-17)22-11-12-25-20(22)24/h5-10,13H,1-4,11-12H2,(H,21,23). The summed E-state index contributed by atoms with van der Waals surface area (Å²) >= 11 is 0. The number of ether oxygens (including phenoxy) is 1. The van der Waals surface area contributed by atoms with Crippen LogP contribution in [-0.2, 0) is 17.6 Å². The second-order valence-corrected chi connectivity index (χ2v) is 6.46. The van der Waals surface area contributed by atoms with Crippen LogP contribution in [0.3, 0.4) is 0 Å². The molecule has 1 N–H and O–H groups in total. The highest BCUT2D eigenvalue weighted by atomic mass is 16.6. The molecule has 2 aromatic rings. The number of aryl methyl sites for hydroxylation is 2. The van der Waals surface area contributed by atoms with Crippen LogP contribution in [0.4, 0.5) is 16.2 Å². The van der Waals surface area contributed by atoms with Crippen molar-refractivity contribution in [3.05, 3.63) is 59.2 Å². The second kappa shape index (κ2) is 6.59. The molecule has 1 fully saturated rings. The summed E-state index contributed by atoms with van der Waals surface area (Å²) in [6.07, 6.45) is 4.26. The molecule has 0 radical (unpaired) electrons. The molecule has 1 aliphatic heterocycles. The van der Waals surface area contributed by atoms with Crippen LogP contribution in [0.25, 0.3) is 0 Å². The second-order valence-electron chi connectivity index (χ2n) is 6.46. The fraction of sp³-hybridized carbons (Fsp3) is 0.300. The Hall–Kier alpha value is -2.82. The number of carbonyl (C=O) groups is 2. The molecule has 1 aliphatic carbocycles. The zero-order chi connectivity index (χ0) is 17.2. The molecule has 0 atom stereocenters. The highest BCUT2D eigenvalue weighted by Crippen LogP contribution is 2.24. The maximum Gasteiger partial charge on any atom is 0.414 e. The van der Waals surface area contributed by atoms with Crippen LogP contribution in [-0.4, -0.2) is 25.2 Å². The maximum atomic E-state index is 12.5. The molecule has 0 spiro atoms. The van der Waals surface area contributed by atoms with E-state index < -0.39 is 0 Å². The van der Waals surface area contributed by atoms with Crippen molar-refractivity contribution < 1.29 is 14.3 Å². The van der Waals surface area contributed by atoms with Crippen LogP contribution in [0.15, 0.2) is 42.5 Å². The number of carbonyl (C=O) groups excluding carboxylic acids is 2. The van der Waals surface area contributed by atoms with Crippen molar-refractivity contribution in [2.24, 2.45) is 0 Å². The molecule has 2 aliphatic rings. The summed E-state index contributed by atoms with van der Waals surface area (Å²) in [6, 6.07) is 13.2. The van der Waals surface area contributed by atoms with Gasteiger partial charge in [0.25, 0.3) is 5.91 Å². The van der Waals surface area contributed by atoms with E-state index in [-0.39, 0.29) is 12.0 Å². The average Bonchev–Trinajstić information content (AvgIpc) is 3.08. The monoisotopic (exact) mass is 336 g/mol. The minimum atomic E-state index is -0.328. The minimum absolute atomic E-state index is 0.110. The summed E-state index contributed by atoms with van der Waals surface area (Å²) in [5, 5.41) is 2.92. The topological polar surface area (TPSA) is 58.6 Å². The largest absolute Gasteiger partial charge is 0.447 e. The third kappa shape index (κ3) is 3.22. The first-order valence-corrected chi connectivity index (χ1v) is 8.68. The number of fused-ring (bicyclic) bond motifs is 1. The third-order valence-corrected chi connectivity index (χ3v) is 4.81. The molecule has 1 heterocycles. The number of nitrogens with zero attached hydrogens (tertiary/aromatic N) is 1. The summed E-state index contributed by atoms with van der Waals surface area (Å²) in [6.45, 7) is 0.968. The fourth-order valence-corrected chi connectivity index (χ4v) is 3.43. The van der Waals surface area contributed by atoms with Crippen LogP contribution in [0.1, 0.15) is 34.3 Å². The van der Waals surface area contributed by atoms with Gasteiger partial charge in [-0.1, -0.05) is 6.07 Å². The Kier molecular flexibility index (Phi) is 4.14. The quantitative estimate of drug-likeness (QED) is 0.928. The van der Waals surface area contributed by atoms with Gasteiger partial charge in [0.05, 0.1) is 6.54 Å². The lowest BCUT2D eigenvalue weighted by Crippen LogP contribution is -2.23. The van der Waals surface area contributed by atoms with E-state index in [1.54, 1.807) is 17.0 Å². The normalized spacial score (nSPS) is 16.3. The van der Waals surface area contributed by atoms with Gasteiger partial charge in [0.1, 0.15) is 6.61 Å². The van der Waals surface area contributed by atoms with Gasteiger partial charge in [0, 0.05) is 16.9 Å². The number of benzene rings is 2. The zero-order valence-corrected chi connectivity index (χ0v) is 14.0. The predicted octanol–water partition coefficient (Wildman–Crippen LogP) is 3.77. The Bertz CT molecular complexity index is 814. The molecule has 1 saturated heterocycles. The molecule has 0 saturated carbocycles. The number of nitrogens with one attached hydrogen (secondary N) is 1. The van der Waals surface area contributed by atoms with Gasteiger partial charge in [-0.25, -0.2) is 4.79 Å². The number of rotatable bonds is 3. The van der Waals surface area contributed by atoms with Crippen LogP contribution >= 0.6 is 0 Å². The molecule has 0 aromatic heterocycles. The Balaban J connectivity index is 1.46. The van der Waals surface area contributed by atoms with Crippen molar-refractivity contribution in [1.82, 2.24) is 0 Å². The van der Waals surface area contributed by atoms with Gasteiger partial charge in [-0.3, -0.25) is 9.69 Å². The molecule has 4 rings (SSSR count). The molecule has 5 nitrogen and oxygen atoms in total. The smallest absolute Gasteiger partial charge is 0.414 e. The minimum Gasteiger partial charge on any atom is -0.447 e. The van der Waals surface area contributed by atoms with Crippen LogP contribution < -0.4 is 10.2 Å². The molecule has 5 heteroatoms. The molecule has 2 aromatic carbocycles. The van der Waals surface area contributed by atoms with Crippen molar-refractivity contribution in [3.63, 3.8) is 0 Å². The number of anilines is 2. The Morgan fingerprint density at radius 2 is 1.76 bits per heavy atom. The van der Waals surface area contributed by atoms with Crippen LogP contribution in [0, 0.1) is 0 Å². The highest BCUT2D eigenvalue weighted by Gasteiger charge is 2.23. The van der Waals surface area contributed by atoms with Crippen molar-refractivity contribution in [3.8, 4) is 0 Å². The molecule has 25 heavy (non-hydrogen) atoms. The SMILES string of the molecule is O=C(Nc1ccc(N2CCOC2=O)cc1)c1ccc2c(c1)CCCC2. The Labute approximate surface area is 146 Å². The van der Waals surface area contributed by atoms with E-state index in [1.807, 2.05) is 24.3 Å². The summed E-state index contributed by atoms with van der Waals surface area (Å²) in [7, 11) is 0. The van der Waals surface area contributed by atoms with Gasteiger partial charge in [0.2, 0.25) is 0 Å². The van der Waals surface area contributed by atoms with Crippen molar-refractivity contribution in [2.75, 3.05) is 23.4 Å². The number of cyclic esters (lactones) is 1. The maximum absolute atomic E-state index is 12.5. The molecule has 128 valence electrons. The van der Waals surface area contributed by atoms with Gasteiger partial charge >= 0.3 is 6.09 Å². The van der Waals surface area contributed by atoms with E-state index in [0.717, 1.165) is 18.5 Å². The fourth-order valence-electron chi connectivity index (χ4n) is 3.43. The zero-order valence-electron chi connectivity index (χ0n) is 14.0. The van der Waals surface area contributed by atoms with Gasteiger partial charge in [-0.05, 0) is 73.2 Å². The predicted molar refractivity (Wildman–Crippen MR) is 96.2 cm³/mol. The molecular weight excluding hydrogens is 316 g/mol. The number of amides is 2. The first-order valence-electron chi connectivity index (χ1n) is 8.68. The molecule has 2 amide bonds. The summed E-state index contributed by atoms with van der Waals surface area (Å²) in [5.41, 5.74) is 4.83. The van der Waals surface area contributed by atoms with E-state index in [2.05, 4.69) is 11.4 Å². The van der Waals surface area contributed by atoms with E-state index in [0.29, 0.717) is 24.4 Å². The van der Waals surface area contributed by atoms with E-state index in [9.17, 15) is 9.59 Å².